The highest BCUT2D eigenvalue weighted by Gasteiger charge is 2.17. The molecule has 28 heavy (non-hydrogen) atoms. The predicted octanol–water partition coefficient (Wildman–Crippen LogP) is 3.76. The van der Waals surface area contributed by atoms with Crippen LogP contribution in [0.15, 0.2) is 77.0 Å². The highest BCUT2D eigenvalue weighted by molar-refractivity contribution is 7.89. The highest BCUT2D eigenvalue weighted by Crippen LogP contribution is 2.16. The second kappa shape index (κ2) is 9.14. The normalized spacial score (nSPS) is 12.5. The molecule has 1 amide bonds. The van der Waals surface area contributed by atoms with Gasteiger partial charge in [-0.3, -0.25) is 4.79 Å². The third-order valence-electron chi connectivity index (χ3n) is 4.36. The van der Waals surface area contributed by atoms with Crippen molar-refractivity contribution in [2.75, 3.05) is 6.54 Å². The van der Waals surface area contributed by atoms with Gasteiger partial charge < -0.3 is 5.32 Å². The summed E-state index contributed by atoms with van der Waals surface area (Å²) in [5.41, 5.74) is 1.45. The maximum absolute atomic E-state index is 12.5. The average molecular weight is 415 g/mol. The van der Waals surface area contributed by atoms with Crippen molar-refractivity contribution < 1.29 is 13.2 Å². The Bertz CT molecular complexity index is 1020. The molecule has 2 aromatic carbocycles. The quantitative estimate of drug-likeness (QED) is 0.589. The fraction of sp³-hybridized carbons (Fsp3) is 0.190. The molecule has 146 valence electrons. The molecule has 0 aliphatic rings. The smallest absolute Gasteiger partial charge is 0.251 e. The Balaban J connectivity index is 1.64. The Morgan fingerprint density at radius 2 is 1.82 bits per heavy atom. The third kappa shape index (κ3) is 5.28. The van der Waals surface area contributed by atoms with E-state index in [0.29, 0.717) is 12.1 Å². The van der Waals surface area contributed by atoms with Gasteiger partial charge >= 0.3 is 0 Å². The fourth-order valence-corrected chi connectivity index (χ4v) is 4.50. The van der Waals surface area contributed by atoms with Gasteiger partial charge in [-0.05, 0) is 41.1 Å². The predicted molar refractivity (Wildman–Crippen MR) is 112 cm³/mol. The van der Waals surface area contributed by atoms with Crippen LogP contribution in [0.25, 0.3) is 0 Å². The van der Waals surface area contributed by atoms with E-state index in [1.807, 2.05) is 54.8 Å². The zero-order chi connectivity index (χ0) is 20.0. The van der Waals surface area contributed by atoms with Crippen LogP contribution in [0.2, 0.25) is 0 Å². The SMILES string of the molecule is CC(CNC(=O)c1cccc(S(=O)(=O)NCc2cccs2)c1)c1ccccc1. The minimum Gasteiger partial charge on any atom is -0.351 e. The number of hydrogen-bond donors (Lipinski definition) is 2. The van der Waals surface area contributed by atoms with Crippen molar-refractivity contribution in [3.63, 3.8) is 0 Å². The number of nitrogens with one attached hydrogen (secondary N) is 2. The van der Waals surface area contributed by atoms with Gasteiger partial charge in [-0.15, -0.1) is 11.3 Å². The number of hydrogen-bond acceptors (Lipinski definition) is 4. The molecule has 3 rings (SSSR count). The Hall–Kier alpha value is -2.48. The molecule has 1 heterocycles. The van der Waals surface area contributed by atoms with Gasteiger partial charge in [0, 0.05) is 23.5 Å². The minimum absolute atomic E-state index is 0.0767. The van der Waals surface area contributed by atoms with Crippen molar-refractivity contribution in [3.8, 4) is 0 Å². The van der Waals surface area contributed by atoms with Crippen LogP contribution in [0, 0.1) is 0 Å². The number of benzene rings is 2. The maximum Gasteiger partial charge on any atom is 0.251 e. The summed E-state index contributed by atoms with van der Waals surface area (Å²) in [4.78, 5) is 13.5. The molecule has 0 spiro atoms. The molecule has 0 bridgehead atoms. The van der Waals surface area contributed by atoms with Gasteiger partial charge in [0.25, 0.3) is 5.91 Å². The van der Waals surface area contributed by atoms with Crippen LogP contribution < -0.4 is 10.0 Å². The summed E-state index contributed by atoms with van der Waals surface area (Å²) in [6.07, 6.45) is 0. The molecule has 3 aromatic rings. The van der Waals surface area contributed by atoms with Crippen LogP contribution in [0.1, 0.15) is 33.6 Å². The van der Waals surface area contributed by atoms with Crippen LogP contribution in [0.5, 0.6) is 0 Å². The van der Waals surface area contributed by atoms with Crippen LogP contribution in [0.4, 0.5) is 0 Å². The van der Waals surface area contributed by atoms with Crippen molar-refractivity contribution in [2.24, 2.45) is 0 Å². The lowest BCUT2D eigenvalue weighted by molar-refractivity contribution is 0.0951. The monoisotopic (exact) mass is 414 g/mol. The fourth-order valence-electron chi connectivity index (χ4n) is 2.71. The minimum atomic E-state index is -3.69. The molecule has 0 aliphatic heterocycles. The third-order valence-corrected chi connectivity index (χ3v) is 6.64. The first-order valence-electron chi connectivity index (χ1n) is 8.91. The number of thiophene rings is 1. The highest BCUT2D eigenvalue weighted by atomic mass is 32.2. The van der Waals surface area contributed by atoms with E-state index < -0.39 is 10.0 Å². The Morgan fingerprint density at radius 1 is 1.04 bits per heavy atom. The van der Waals surface area contributed by atoms with E-state index in [-0.39, 0.29) is 23.3 Å². The number of amides is 1. The first-order valence-corrected chi connectivity index (χ1v) is 11.3. The van der Waals surface area contributed by atoms with Gasteiger partial charge in [0.15, 0.2) is 0 Å². The topological polar surface area (TPSA) is 75.3 Å². The molecule has 0 fully saturated rings. The molecule has 2 N–H and O–H groups in total. The zero-order valence-corrected chi connectivity index (χ0v) is 17.1. The molecule has 0 saturated heterocycles. The maximum atomic E-state index is 12.5. The lowest BCUT2D eigenvalue weighted by Crippen LogP contribution is -2.28. The van der Waals surface area contributed by atoms with Crippen molar-refractivity contribution in [3.05, 3.63) is 88.1 Å². The standard InChI is InChI=1S/C21H22N2O3S2/c1-16(17-7-3-2-4-8-17)14-22-21(24)18-9-5-11-20(13-18)28(25,26)23-15-19-10-6-12-27-19/h2-13,16,23H,14-15H2,1H3,(H,22,24). The van der Waals surface area contributed by atoms with Gasteiger partial charge in [0.2, 0.25) is 10.0 Å². The summed E-state index contributed by atoms with van der Waals surface area (Å²) in [5, 5.41) is 4.77. The van der Waals surface area contributed by atoms with Crippen LogP contribution >= 0.6 is 11.3 Å². The van der Waals surface area contributed by atoms with E-state index in [2.05, 4.69) is 10.0 Å². The van der Waals surface area contributed by atoms with Crippen molar-refractivity contribution in [1.82, 2.24) is 10.0 Å². The molecule has 1 unspecified atom stereocenters. The number of sulfonamides is 1. The molecular weight excluding hydrogens is 392 g/mol. The lowest BCUT2D eigenvalue weighted by atomic mass is 10.0. The van der Waals surface area contributed by atoms with Gasteiger partial charge in [-0.2, -0.15) is 0 Å². The molecule has 1 aromatic heterocycles. The average Bonchev–Trinajstić information content (AvgIpc) is 3.25. The number of rotatable bonds is 8. The van der Waals surface area contributed by atoms with E-state index in [1.54, 1.807) is 12.1 Å². The summed E-state index contributed by atoms with van der Waals surface area (Å²) < 4.78 is 27.6. The van der Waals surface area contributed by atoms with E-state index in [4.69, 9.17) is 0 Å². The number of carbonyl (C=O) groups excluding carboxylic acids is 1. The van der Waals surface area contributed by atoms with Crippen LogP contribution in [-0.4, -0.2) is 20.9 Å². The largest absolute Gasteiger partial charge is 0.351 e. The van der Waals surface area contributed by atoms with E-state index in [1.165, 1.54) is 23.5 Å². The van der Waals surface area contributed by atoms with E-state index in [9.17, 15) is 13.2 Å². The summed E-state index contributed by atoms with van der Waals surface area (Å²) in [5.74, 6) is -0.136. The van der Waals surface area contributed by atoms with Crippen molar-refractivity contribution in [1.29, 1.82) is 0 Å². The van der Waals surface area contributed by atoms with E-state index >= 15 is 0 Å². The Kier molecular flexibility index (Phi) is 6.61. The Labute approximate surface area is 169 Å². The second-order valence-electron chi connectivity index (χ2n) is 6.45. The molecular formula is C21H22N2O3S2. The summed E-state index contributed by atoms with van der Waals surface area (Å²) >= 11 is 1.48. The molecule has 7 heteroatoms. The van der Waals surface area contributed by atoms with Gasteiger partial charge in [0.05, 0.1) is 4.90 Å². The van der Waals surface area contributed by atoms with Gasteiger partial charge in [0.1, 0.15) is 0 Å². The van der Waals surface area contributed by atoms with Crippen LogP contribution in [-0.2, 0) is 16.6 Å². The first-order chi connectivity index (χ1) is 13.5. The molecule has 0 saturated carbocycles. The molecule has 5 nitrogen and oxygen atoms in total. The second-order valence-corrected chi connectivity index (χ2v) is 9.25. The summed E-state index contributed by atoms with van der Waals surface area (Å²) in [7, 11) is -3.69. The first kappa shape index (κ1) is 20.3. The van der Waals surface area contributed by atoms with Crippen LogP contribution in [0.3, 0.4) is 0 Å². The molecule has 0 aliphatic carbocycles. The number of carbonyl (C=O) groups is 1. The summed E-state index contributed by atoms with van der Waals surface area (Å²) in [6, 6.07) is 19.7. The van der Waals surface area contributed by atoms with Crippen molar-refractivity contribution >= 4 is 27.3 Å². The lowest BCUT2D eigenvalue weighted by Gasteiger charge is -2.13. The van der Waals surface area contributed by atoms with Crippen molar-refractivity contribution in [2.45, 2.75) is 24.3 Å². The van der Waals surface area contributed by atoms with E-state index in [0.717, 1.165) is 10.4 Å². The summed E-state index contributed by atoms with van der Waals surface area (Å²) in [6.45, 7) is 2.73. The molecule has 1 atom stereocenters. The van der Waals surface area contributed by atoms with Gasteiger partial charge in [-0.1, -0.05) is 49.4 Å². The Morgan fingerprint density at radius 3 is 2.54 bits per heavy atom. The van der Waals surface area contributed by atoms with Gasteiger partial charge in [-0.25, -0.2) is 13.1 Å². The zero-order valence-electron chi connectivity index (χ0n) is 15.5. The molecule has 0 radical (unpaired) electrons.